The lowest BCUT2D eigenvalue weighted by Gasteiger charge is -2.13. The van der Waals surface area contributed by atoms with E-state index in [-0.39, 0.29) is 32.2 Å². The van der Waals surface area contributed by atoms with E-state index in [0.717, 1.165) is 0 Å². The molecule has 132 valence electrons. The van der Waals surface area contributed by atoms with Gasteiger partial charge in [0.15, 0.2) is 11.9 Å². The molecule has 0 aliphatic carbocycles. The summed E-state index contributed by atoms with van der Waals surface area (Å²) in [5, 5.41) is 4.82. The lowest BCUT2D eigenvalue weighted by molar-refractivity contribution is -0.151. The summed E-state index contributed by atoms with van der Waals surface area (Å²) in [5.74, 6) is -0.639. The van der Waals surface area contributed by atoms with Gasteiger partial charge in [0.25, 0.3) is 0 Å². The van der Waals surface area contributed by atoms with Gasteiger partial charge in [-0.05, 0) is 37.3 Å². The van der Waals surface area contributed by atoms with Crippen LogP contribution in [0.2, 0.25) is 20.1 Å². The van der Waals surface area contributed by atoms with Gasteiger partial charge >= 0.3 is 5.97 Å². The highest BCUT2D eigenvalue weighted by atomic mass is 35.5. The predicted molar refractivity (Wildman–Crippen MR) is 99.8 cm³/mol. The first-order valence-corrected chi connectivity index (χ1v) is 8.41. The molecule has 5 nitrogen and oxygen atoms in total. The Morgan fingerprint density at radius 2 is 1.72 bits per heavy atom. The predicted octanol–water partition coefficient (Wildman–Crippen LogP) is 4.93. The molecule has 0 heterocycles. The van der Waals surface area contributed by atoms with E-state index in [0.29, 0.717) is 5.02 Å². The van der Waals surface area contributed by atoms with Gasteiger partial charge in [0.2, 0.25) is 0 Å². The number of nitrogens with zero attached hydrogens (tertiary/aromatic N) is 1. The minimum absolute atomic E-state index is 0.138. The van der Waals surface area contributed by atoms with Crippen molar-refractivity contribution in [1.29, 1.82) is 0 Å². The Kier molecular flexibility index (Phi) is 6.79. The van der Waals surface area contributed by atoms with Crippen molar-refractivity contribution in [2.75, 3.05) is 0 Å². The van der Waals surface area contributed by atoms with Crippen LogP contribution < -0.4 is 10.5 Å². The first-order chi connectivity index (χ1) is 11.8. The van der Waals surface area contributed by atoms with Crippen LogP contribution in [0.1, 0.15) is 12.5 Å². The van der Waals surface area contributed by atoms with Gasteiger partial charge in [0.05, 0.1) is 20.6 Å². The number of oxime groups is 1. The summed E-state index contributed by atoms with van der Waals surface area (Å²) in [5.41, 5.74) is 6.04. The molecule has 2 rings (SSSR count). The number of hydrogen-bond donors (Lipinski definition) is 1. The van der Waals surface area contributed by atoms with E-state index in [9.17, 15) is 4.79 Å². The molecule has 2 N–H and O–H groups in total. The van der Waals surface area contributed by atoms with E-state index in [1.165, 1.54) is 19.1 Å². The molecule has 0 radical (unpaired) electrons. The maximum atomic E-state index is 12.0. The van der Waals surface area contributed by atoms with Crippen molar-refractivity contribution < 1.29 is 14.4 Å². The molecule has 2 aromatic carbocycles. The van der Waals surface area contributed by atoms with Crippen molar-refractivity contribution in [2.24, 2.45) is 10.9 Å². The maximum Gasteiger partial charge on any atom is 0.374 e. The number of rotatable bonds is 5. The Morgan fingerprint density at radius 3 is 2.32 bits per heavy atom. The average Bonchev–Trinajstić information content (AvgIpc) is 2.55. The first kappa shape index (κ1) is 19.7. The second-order valence-corrected chi connectivity index (χ2v) is 6.48. The molecule has 0 amide bonds. The maximum absolute atomic E-state index is 12.0. The molecule has 0 spiro atoms. The van der Waals surface area contributed by atoms with Crippen molar-refractivity contribution >= 4 is 58.2 Å². The minimum atomic E-state index is -0.989. The highest BCUT2D eigenvalue weighted by molar-refractivity contribution is 6.40. The molecule has 0 bridgehead atoms. The molecule has 25 heavy (non-hydrogen) atoms. The van der Waals surface area contributed by atoms with Crippen molar-refractivity contribution in [3.05, 3.63) is 62.1 Å². The second-order valence-electron chi connectivity index (χ2n) is 4.82. The van der Waals surface area contributed by atoms with Gasteiger partial charge in [-0.25, -0.2) is 4.79 Å². The van der Waals surface area contributed by atoms with Gasteiger partial charge in [-0.15, -0.1) is 0 Å². The number of nitrogens with two attached hydrogens (primary N) is 1. The molecule has 0 aromatic heterocycles. The summed E-state index contributed by atoms with van der Waals surface area (Å²) in [6.45, 7) is 1.47. The average molecular weight is 422 g/mol. The van der Waals surface area contributed by atoms with Crippen molar-refractivity contribution in [1.82, 2.24) is 0 Å². The minimum Gasteiger partial charge on any atom is -0.477 e. The first-order valence-electron chi connectivity index (χ1n) is 6.90. The zero-order chi connectivity index (χ0) is 18.6. The topological polar surface area (TPSA) is 73.9 Å². The number of halogens is 4. The number of ether oxygens (including phenoxy) is 1. The molecule has 0 aliphatic heterocycles. The monoisotopic (exact) mass is 420 g/mol. The van der Waals surface area contributed by atoms with Crippen LogP contribution in [0.15, 0.2) is 41.6 Å². The lowest BCUT2D eigenvalue weighted by atomic mass is 10.2. The number of carbonyl (C=O) groups excluding carboxylic acids is 1. The summed E-state index contributed by atoms with van der Waals surface area (Å²) >= 11 is 23.8. The third-order valence-electron chi connectivity index (χ3n) is 2.98. The number of amidine groups is 1. The molecule has 0 saturated carbocycles. The molecule has 0 saturated heterocycles. The Morgan fingerprint density at radius 1 is 1.08 bits per heavy atom. The van der Waals surface area contributed by atoms with E-state index < -0.39 is 12.1 Å². The second kappa shape index (κ2) is 8.63. The summed E-state index contributed by atoms with van der Waals surface area (Å²) in [6.07, 6.45) is -0.989. The number of carbonyl (C=O) groups is 1. The standard InChI is InChI=1S/C16H12Cl4N2O3/c1-8(24-13-6-5-9(17)7-12(13)20)16(23)25-22-15(21)14-10(18)3-2-4-11(14)19/h2-8H,1H3,(H2,21,22)/t8-/m1/s1. The normalized spacial score (nSPS) is 12.6. The van der Waals surface area contributed by atoms with Crippen LogP contribution >= 0.6 is 46.4 Å². The zero-order valence-corrected chi connectivity index (χ0v) is 15.8. The third-order valence-corrected chi connectivity index (χ3v) is 4.14. The van der Waals surface area contributed by atoms with Crippen molar-refractivity contribution in [2.45, 2.75) is 13.0 Å². The van der Waals surface area contributed by atoms with E-state index >= 15 is 0 Å². The van der Waals surface area contributed by atoms with E-state index in [1.54, 1.807) is 24.3 Å². The summed E-state index contributed by atoms with van der Waals surface area (Å²) in [6, 6.07) is 9.43. The quantitative estimate of drug-likeness (QED) is 0.321. The Balaban J connectivity index is 2.06. The Hall–Kier alpha value is -1.66. The molecule has 2 aromatic rings. The molecule has 0 aliphatic rings. The highest BCUT2D eigenvalue weighted by Gasteiger charge is 2.19. The molecule has 1 atom stereocenters. The Bertz CT molecular complexity index is 807. The van der Waals surface area contributed by atoms with Crippen LogP contribution in [0.5, 0.6) is 5.75 Å². The van der Waals surface area contributed by atoms with E-state index in [4.69, 9.17) is 61.7 Å². The van der Waals surface area contributed by atoms with Crippen molar-refractivity contribution in [3.8, 4) is 5.75 Å². The fourth-order valence-electron chi connectivity index (χ4n) is 1.77. The summed E-state index contributed by atoms with van der Waals surface area (Å²) < 4.78 is 5.42. The van der Waals surface area contributed by atoms with Gasteiger partial charge in [0, 0.05) is 5.02 Å². The molecule has 9 heteroatoms. The summed E-state index contributed by atoms with van der Waals surface area (Å²) in [4.78, 5) is 16.8. The fourth-order valence-corrected chi connectivity index (χ4v) is 2.81. The molecular formula is C16H12Cl4N2O3. The van der Waals surface area contributed by atoms with Gasteiger partial charge in [0.1, 0.15) is 5.75 Å². The molecule has 0 unspecified atom stereocenters. The van der Waals surface area contributed by atoms with Crippen LogP contribution in [-0.4, -0.2) is 17.9 Å². The zero-order valence-electron chi connectivity index (χ0n) is 12.8. The highest BCUT2D eigenvalue weighted by Crippen LogP contribution is 2.28. The Labute approximate surface area is 164 Å². The number of hydrogen-bond acceptors (Lipinski definition) is 4. The van der Waals surface area contributed by atoms with Gasteiger partial charge in [-0.2, -0.15) is 0 Å². The van der Waals surface area contributed by atoms with Crippen LogP contribution in [-0.2, 0) is 9.63 Å². The van der Waals surface area contributed by atoms with Gasteiger partial charge in [-0.3, -0.25) is 0 Å². The molecule has 0 fully saturated rings. The molecular weight excluding hydrogens is 410 g/mol. The van der Waals surface area contributed by atoms with Gasteiger partial charge in [-0.1, -0.05) is 57.6 Å². The van der Waals surface area contributed by atoms with Crippen LogP contribution in [0.4, 0.5) is 0 Å². The van der Waals surface area contributed by atoms with E-state index in [1.807, 2.05) is 0 Å². The van der Waals surface area contributed by atoms with Crippen LogP contribution in [0.3, 0.4) is 0 Å². The van der Waals surface area contributed by atoms with Crippen LogP contribution in [0, 0.1) is 0 Å². The fraction of sp³-hybridized carbons (Fsp3) is 0.125. The third kappa shape index (κ3) is 5.16. The van der Waals surface area contributed by atoms with Crippen molar-refractivity contribution in [3.63, 3.8) is 0 Å². The number of benzene rings is 2. The lowest BCUT2D eigenvalue weighted by Crippen LogP contribution is -2.26. The SMILES string of the molecule is C[C@@H](Oc1ccc(Cl)cc1Cl)C(=O)O/N=C(\N)c1c(Cl)cccc1Cl. The van der Waals surface area contributed by atoms with Gasteiger partial charge < -0.3 is 15.3 Å². The largest absolute Gasteiger partial charge is 0.477 e. The van der Waals surface area contributed by atoms with Crippen LogP contribution in [0.25, 0.3) is 0 Å². The van der Waals surface area contributed by atoms with E-state index in [2.05, 4.69) is 5.16 Å². The summed E-state index contributed by atoms with van der Waals surface area (Å²) in [7, 11) is 0. The smallest absolute Gasteiger partial charge is 0.374 e.